The minimum absolute atomic E-state index is 0.0867. The van der Waals surface area contributed by atoms with Crippen LogP contribution >= 0.6 is 11.3 Å². The van der Waals surface area contributed by atoms with E-state index in [-0.39, 0.29) is 17.5 Å². The molecule has 3 aromatic rings. The third kappa shape index (κ3) is 3.70. The lowest BCUT2D eigenvalue weighted by Gasteiger charge is -2.17. The first-order valence-electron chi connectivity index (χ1n) is 7.85. The number of thiazole rings is 1. The number of ether oxygens (including phenoxy) is 1. The Morgan fingerprint density at radius 1 is 1.08 bits per heavy atom. The number of rotatable bonds is 5. The standard InChI is InChI=1S/C19H18F2N2OS/c1-13(11-24-2)23-18(14-7-3-4-8-15(14)20)12-25-19(23)22-17-10-6-5-9-16(17)21/h3-10,12-13H,11H2,1-2H3/t13-/m0/s1. The number of para-hydroxylation sites is 1. The molecule has 0 unspecified atom stereocenters. The maximum Gasteiger partial charge on any atom is 0.190 e. The van der Waals surface area contributed by atoms with E-state index in [1.165, 1.54) is 23.5 Å². The summed E-state index contributed by atoms with van der Waals surface area (Å²) in [6.45, 7) is 2.39. The first-order valence-corrected chi connectivity index (χ1v) is 8.73. The average Bonchev–Trinajstić information content (AvgIpc) is 3.01. The van der Waals surface area contributed by atoms with Crippen LogP contribution in [0.1, 0.15) is 13.0 Å². The molecule has 0 amide bonds. The lowest BCUT2D eigenvalue weighted by atomic mass is 10.1. The van der Waals surface area contributed by atoms with Crippen LogP contribution in [0.3, 0.4) is 0 Å². The van der Waals surface area contributed by atoms with Gasteiger partial charge in [-0.25, -0.2) is 13.8 Å². The molecule has 0 aliphatic rings. The van der Waals surface area contributed by atoms with E-state index in [9.17, 15) is 8.78 Å². The van der Waals surface area contributed by atoms with Gasteiger partial charge in [0.2, 0.25) is 0 Å². The van der Waals surface area contributed by atoms with Crippen molar-refractivity contribution in [2.75, 3.05) is 13.7 Å². The molecule has 6 heteroatoms. The van der Waals surface area contributed by atoms with E-state index in [0.717, 1.165) is 0 Å². The summed E-state index contributed by atoms with van der Waals surface area (Å²) in [5.74, 6) is -0.703. The van der Waals surface area contributed by atoms with Crippen LogP contribution in [0.4, 0.5) is 14.5 Å². The summed E-state index contributed by atoms with van der Waals surface area (Å²) in [5, 5.41) is 1.84. The van der Waals surface area contributed by atoms with E-state index in [4.69, 9.17) is 4.74 Å². The zero-order valence-corrected chi connectivity index (χ0v) is 14.8. The molecule has 25 heavy (non-hydrogen) atoms. The van der Waals surface area contributed by atoms with Crippen molar-refractivity contribution >= 4 is 17.0 Å². The molecule has 3 rings (SSSR count). The molecule has 1 atom stereocenters. The second kappa shape index (κ2) is 7.72. The van der Waals surface area contributed by atoms with Crippen molar-refractivity contribution in [2.45, 2.75) is 13.0 Å². The monoisotopic (exact) mass is 360 g/mol. The normalized spacial score (nSPS) is 13.2. The molecule has 1 heterocycles. The van der Waals surface area contributed by atoms with Gasteiger partial charge in [-0.2, -0.15) is 0 Å². The molecule has 0 saturated carbocycles. The fourth-order valence-electron chi connectivity index (χ4n) is 2.65. The number of halogens is 2. The van der Waals surface area contributed by atoms with Crippen LogP contribution < -0.4 is 4.80 Å². The van der Waals surface area contributed by atoms with Crippen molar-refractivity contribution in [3.63, 3.8) is 0 Å². The molecule has 130 valence electrons. The van der Waals surface area contributed by atoms with Crippen LogP contribution in [-0.2, 0) is 4.74 Å². The highest BCUT2D eigenvalue weighted by atomic mass is 32.1. The molecular weight excluding hydrogens is 342 g/mol. The van der Waals surface area contributed by atoms with E-state index in [1.54, 1.807) is 43.5 Å². The predicted molar refractivity (Wildman–Crippen MR) is 95.9 cm³/mol. The second-order valence-corrected chi connectivity index (χ2v) is 6.46. The predicted octanol–water partition coefficient (Wildman–Crippen LogP) is 4.93. The molecule has 3 nitrogen and oxygen atoms in total. The van der Waals surface area contributed by atoms with Gasteiger partial charge < -0.3 is 9.30 Å². The summed E-state index contributed by atoms with van der Waals surface area (Å²) in [6.07, 6.45) is 0. The van der Waals surface area contributed by atoms with Gasteiger partial charge in [-0.05, 0) is 31.2 Å². The highest BCUT2D eigenvalue weighted by molar-refractivity contribution is 7.07. The molecule has 1 aromatic heterocycles. The molecule has 0 fully saturated rings. The van der Waals surface area contributed by atoms with Crippen molar-refractivity contribution in [3.05, 3.63) is 70.3 Å². The van der Waals surface area contributed by atoms with Crippen molar-refractivity contribution in [3.8, 4) is 11.3 Å². The van der Waals surface area contributed by atoms with Gasteiger partial charge in [-0.15, -0.1) is 11.3 Å². The summed E-state index contributed by atoms with van der Waals surface area (Å²) >= 11 is 1.34. The van der Waals surface area contributed by atoms with E-state index in [1.807, 2.05) is 16.9 Å². The highest BCUT2D eigenvalue weighted by Crippen LogP contribution is 2.26. The fraction of sp³-hybridized carbons (Fsp3) is 0.211. The van der Waals surface area contributed by atoms with Gasteiger partial charge in [0.05, 0.1) is 18.3 Å². The Labute approximate surface area is 148 Å². The largest absolute Gasteiger partial charge is 0.383 e. The van der Waals surface area contributed by atoms with Gasteiger partial charge in [-0.1, -0.05) is 24.3 Å². The summed E-state index contributed by atoms with van der Waals surface area (Å²) in [5.41, 5.74) is 1.43. The first-order chi connectivity index (χ1) is 12.1. The van der Waals surface area contributed by atoms with Crippen LogP contribution in [0, 0.1) is 11.6 Å². The van der Waals surface area contributed by atoms with Crippen LogP contribution in [0.25, 0.3) is 11.3 Å². The summed E-state index contributed by atoms with van der Waals surface area (Å²) < 4.78 is 35.4. The van der Waals surface area contributed by atoms with E-state index in [0.29, 0.717) is 22.7 Å². The van der Waals surface area contributed by atoms with Crippen molar-refractivity contribution in [1.82, 2.24) is 4.57 Å². The van der Waals surface area contributed by atoms with E-state index in [2.05, 4.69) is 4.99 Å². The number of hydrogen-bond donors (Lipinski definition) is 0. The average molecular weight is 360 g/mol. The summed E-state index contributed by atoms with van der Waals surface area (Å²) in [7, 11) is 1.61. The fourth-order valence-corrected chi connectivity index (χ4v) is 3.66. The first kappa shape index (κ1) is 17.5. The number of methoxy groups -OCH3 is 1. The molecule has 0 saturated heterocycles. The molecule has 0 bridgehead atoms. The Morgan fingerprint density at radius 3 is 2.44 bits per heavy atom. The third-order valence-electron chi connectivity index (χ3n) is 3.81. The Bertz CT molecular complexity index is 933. The Morgan fingerprint density at radius 2 is 1.76 bits per heavy atom. The van der Waals surface area contributed by atoms with Crippen molar-refractivity contribution in [2.24, 2.45) is 4.99 Å². The molecular formula is C19H18F2N2OS. The van der Waals surface area contributed by atoms with Gasteiger partial charge >= 0.3 is 0 Å². The van der Waals surface area contributed by atoms with E-state index >= 15 is 0 Å². The van der Waals surface area contributed by atoms with Gasteiger partial charge in [0.15, 0.2) is 4.80 Å². The summed E-state index contributed by atoms with van der Waals surface area (Å²) in [6, 6.07) is 12.8. The smallest absolute Gasteiger partial charge is 0.190 e. The van der Waals surface area contributed by atoms with Gasteiger partial charge in [-0.3, -0.25) is 0 Å². The number of hydrogen-bond acceptors (Lipinski definition) is 3. The Balaban J connectivity index is 2.21. The molecule has 0 aliphatic carbocycles. The van der Waals surface area contributed by atoms with Crippen LogP contribution in [0.15, 0.2) is 58.9 Å². The molecule has 2 aromatic carbocycles. The lowest BCUT2D eigenvalue weighted by Crippen LogP contribution is -2.23. The number of nitrogens with zero attached hydrogens (tertiary/aromatic N) is 2. The number of benzene rings is 2. The van der Waals surface area contributed by atoms with Crippen molar-refractivity contribution in [1.29, 1.82) is 0 Å². The quantitative estimate of drug-likeness (QED) is 0.633. The second-order valence-electron chi connectivity index (χ2n) is 5.62. The number of aromatic nitrogens is 1. The van der Waals surface area contributed by atoms with Crippen LogP contribution in [0.5, 0.6) is 0 Å². The Hall–Kier alpha value is -2.31. The minimum Gasteiger partial charge on any atom is -0.383 e. The van der Waals surface area contributed by atoms with Gasteiger partial charge in [0, 0.05) is 18.1 Å². The van der Waals surface area contributed by atoms with Crippen LogP contribution in [-0.4, -0.2) is 18.3 Å². The molecule has 0 radical (unpaired) electrons. The topological polar surface area (TPSA) is 26.5 Å². The zero-order valence-electron chi connectivity index (χ0n) is 13.9. The zero-order chi connectivity index (χ0) is 17.8. The van der Waals surface area contributed by atoms with Crippen molar-refractivity contribution < 1.29 is 13.5 Å². The maximum atomic E-state index is 14.3. The molecule has 0 spiro atoms. The van der Waals surface area contributed by atoms with Gasteiger partial charge in [0.25, 0.3) is 0 Å². The maximum absolute atomic E-state index is 14.3. The van der Waals surface area contributed by atoms with Crippen LogP contribution in [0.2, 0.25) is 0 Å². The molecule has 0 aliphatic heterocycles. The summed E-state index contributed by atoms with van der Waals surface area (Å²) in [4.78, 5) is 5.04. The SMILES string of the molecule is COC[C@H](C)n1c(-c2ccccc2F)csc1=Nc1ccccc1F. The van der Waals surface area contributed by atoms with Gasteiger partial charge in [0.1, 0.15) is 17.3 Å². The third-order valence-corrected chi connectivity index (χ3v) is 4.65. The highest BCUT2D eigenvalue weighted by Gasteiger charge is 2.16. The lowest BCUT2D eigenvalue weighted by molar-refractivity contribution is 0.162. The molecule has 0 N–H and O–H groups in total. The van der Waals surface area contributed by atoms with E-state index < -0.39 is 5.82 Å². The minimum atomic E-state index is -0.394. The Kier molecular flexibility index (Phi) is 5.40.